The number of aromatic nitrogens is 3. The zero-order valence-corrected chi connectivity index (χ0v) is 15.3. The molecule has 0 aliphatic carbocycles. The number of carbonyl (C=O) groups is 1. The Labute approximate surface area is 159 Å². The molecule has 0 unspecified atom stereocenters. The van der Waals surface area contributed by atoms with E-state index >= 15 is 0 Å². The normalized spacial score (nSPS) is 10.7. The first-order valence-electron chi connectivity index (χ1n) is 7.80. The van der Waals surface area contributed by atoms with E-state index in [0.29, 0.717) is 28.1 Å². The molecule has 0 saturated carbocycles. The highest BCUT2D eigenvalue weighted by molar-refractivity contribution is 7.99. The van der Waals surface area contributed by atoms with Gasteiger partial charge in [0.2, 0.25) is 0 Å². The highest BCUT2D eigenvalue weighted by atomic mass is 35.5. The van der Waals surface area contributed by atoms with Crippen LogP contribution in [-0.2, 0) is 6.54 Å². The van der Waals surface area contributed by atoms with E-state index in [0.717, 1.165) is 5.56 Å². The van der Waals surface area contributed by atoms with Gasteiger partial charge in [-0.1, -0.05) is 41.6 Å². The minimum absolute atomic E-state index is 0.0860. The molecule has 0 spiro atoms. The van der Waals surface area contributed by atoms with Crippen molar-refractivity contribution in [1.82, 2.24) is 14.8 Å². The van der Waals surface area contributed by atoms with Crippen LogP contribution in [-0.4, -0.2) is 26.3 Å². The molecule has 1 aromatic heterocycles. The van der Waals surface area contributed by atoms with Crippen LogP contribution in [0.1, 0.15) is 10.4 Å². The lowest BCUT2D eigenvalue weighted by molar-refractivity contribution is 0.102. The highest BCUT2D eigenvalue weighted by Gasteiger charge is 2.16. The van der Waals surface area contributed by atoms with Crippen LogP contribution in [0.4, 0.5) is 4.39 Å². The molecule has 0 fully saturated rings. The molecule has 132 valence electrons. The summed E-state index contributed by atoms with van der Waals surface area (Å²) >= 11 is 7.35. The fourth-order valence-corrected chi connectivity index (χ4v) is 3.47. The first-order valence-corrected chi connectivity index (χ1v) is 9.17. The van der Waals surface area contributed by atoms with Gasteiger partial charge in [-0.2, -0.15) is 0 Å². The second-order valence-corrected chi connectivity index (χ2v) is 6.75. The van der Waals surface area contributed by atoms with Gasteiger partial charge in [0.1, 0.15) is 5.82 Å². The van der Waals surface area contributed by atoms with Gasteiger partial charge in [-0.15, -0.1) is 16.8 Å². The lowest BCUT2D eigenvalue weighted by Gasteiger charge is -2.08. The average molecular weight is 388 g/mol. The largest absolute Gasteiger partial charge is 0.298 e. The molecule has 0 atom stereocenters. The Kier molecular flexibility index (Phi) is 5.85. The van der Waals surface area contributed by atoms with Crippen LogP contribution >= 0.6 is 23.4 Å². The molecule has 26 heavy (non-hydrogen) atoms. The SMILES string of the molecule is C=CCn1c(SCC(=O)c2ccccc2Cl)nnc1-c1ccc(F)cc1. The van der Waals surface area contributed by atoms with Gasteiger partial charge in [-0.3, -0.25) is 9.36 Å². The summed E-state index contributed by atoms with van der Waals surface area (Å²) < 4.78 is 15.0. The van der Waals surface area contributed by atoms with Gasteiger partial charge in [0, 0.05) is 17.7 Å². The fourth-order valence-electron chi connectivity index (χ4n) is 2.40. The fraction of sp³-hybridized carbons (Fsp3) is 0.105. The van der Waals surface area contributed by atoms with E-state index in [-0.39, 0.29) is 17.4 Å². The number of thioether (sulfide) groups is 1. The lowest BCUT2D eigenvalue weighted by atomic mass is 10.1. The summed E-state index contributed by atoms with van der Waals surface area (Å²) in [5, 5.41) is 9.37. The van der Waals surface area contributed by atoms with Crippen LogP contribution in [0, 0.1) is 5.82 Å². The Bertz CT molecular complexity index is 940. The van der Waals surface area contributed by atoms with Crippen molar-refractivity contribution in [2.75, 3.05) is 5.75 Å². The van der Waals surface area contributed by atoms with E-state index in [4.69, 9.17) is 11.6 Å². The maximum Gasteiger partial charge on any atom is 0.192 e. The average Bonchev–Trinajstić information content (AvgIpc) is 3.04. The van der Waals surface area contributed by atoms with Crippen LogP contribution < -0.4 is 0 Å². The van der Waals surface area contributed by atoms with Gasteiger partial charge >= 0.3 is 0 Å². The van der Waals surface area contributed by atoms with Crippen molar-refractivity contribution >= 4 is 29.1 Å². The molecule has 0 aliphatic rings. The number of Topliss-reactive ketones (excluding diaryl/α,β-unsaturated/α-hetero) is 1. The van der Waals surface area contributed by atoms with Crippen molar-refractivity contribution in [1.29, 1.82) is 0 Å². The smallest absolute Gasteiger partial charge is 0.192 e. The topological polar surface area (TPSA) is 47.8 Å². The number of halogens is 2. The molecule has 7 heteroatoms. The Morgan fingerprint density at radius 3 is 2.62 bits per heavy atom. The summed E-state index contributed by atoms with van der Waals surface area (Å²) in [6, 6.07) is 13.0. The highest BCUT2D eigenvalue weighted by Crippen LogP contribution is 2.26. The number of hydrogen-bond acceptors (Lipinski definition) is 4. The predicted octanol–water partition coefficient (Wildman–Crippen LogP) is 4.90. The van der Waals surface area contributed by atoms with Crippen LogP contribution in [0.25, 0.3) is 11.4 Å². The van der Waals surface area contributed by atoms with Gasteiger partial charge in [0.15, 0.2) is 16.8 Å². The summed E-state index contributed by atoms with van der Waals surface area (Å²) in [5.41, 5.74) is 1.22. The van der Waals surface area contributed by atoms with Crippen molar-refractivity contribution in [3.8, 4) is 11.4 Å². The first-order chi connectivity index (χ1) is 12.6. The lowest BCUT2D eigenvalue weighted by Crippen LogP contribution is -2.06. The molecule has 0 amide bonds. The molecule has 0 aliphatic heterocycles. The van der Waals surface area contributed by atoms with Gasteiger partial charge in [0.25, 0.3) is 0 Å². The third-order valence-electron chi connectivity index (χ3n) is 3.64. The van der Waals surface area contributed by atoms with Gasteiger partial charge in [0.05, 0.1) is 10.8 Å². The Hall–Kier alpha value is -2.44. The van der Waals surface area contributed by atoms with Crippen LogP contribution in [0.2, 0.25) is 5.02 Å². The summed E-state index contributed by atoms with van der Waals surface area (Å²) in [7, 11) is 0. The van der Waals surface area contributed by atoms with Crippen molar-refractivity contribution in [2.45, 2.75) is 11.7 Å². The van der Waals surface area contributed by atoms with E-state index in [1.807, 2.05) is 4.57 Å². The molecule has 1 heterocycles. The summed E-state index contributed by atoms with van der Waals surface area (Å²) in [4.78, 5) is 12.4. The number of allylic oxidation sites excluding steroid dienone is 1. The molecule has 0 radical (unpaired) electrons. The second kappa shape index (κ2) is 8.29. The Balaban J connectivity index is 1.82. The summed E-state index contributed by atoms with van der Waals surface area (Å²) in [6.45, 7) is 4.22. The monoisotopic (exact) mass is 387 g/mol. The maximum atomic E-state index is 13.1. The third kappa shape index (κ3) is 4.03. The number of ketones is 1. The van der Waals surface area contributed by atoms with Crippen LogP contribution in [0.15, 0.2) is 66.3 Å². The number of rotatable bonds is 7. The molecule has 2 aromatic carbocycles. The molecule has 0 bridgehead atoms. The first kappa shape index (κ1) is 18.4. The quantitative estimate of drug-likeness (QED) is 0.328. The Morgan fingerprint density at radius 1 is 1.19 bits per heavy atom. The van der Waals surface area contributed by atoms with E-state index in [1.54, 1.807) is 42.5 Å². The number of hydrogen-bond donors (Lipinski definition) is 0. The number of nitrogens with zero attached hydrogens (tertiary/aromatic N) is 3. The zero-order valence-electron chi connectivity index (χ0n) is 13.7. The molecule has 4 nitrogen and oxygen atoms in total. The number of carbonyl (C=O) groups excluding carboxylic acids is 1. The van der Waals surface area contributed by atoms with Crippen molar-refractivity contribution < 1.29 is 9.18 Å². The Morgan fingerprint density at radius 2 is 1.92 bits per heavy atom. The summed E-state index contributed by atoms with van der Waals surface area (Å²) in [6.07, 6.45) is 1.72. The zero-order chi connectivity index (χ0) is 18.5. The van der Waals surface area contributed by atoms with E-state index in [1.165, 1.54) is 23.9 Å². The standard InChI is InChI=1S/C19H15ClFN3OS/c1-2-11-24-18(13-7-9-14(21)10-8-13)22-23-19(24)26-12-17(25)15-5-3-4-6-16(15)20/h2-10H,1,11-12H2. The van der Waals surface area contributed by atoms with Gasteiger partial charge in [-0.05, 0) is 36.4 Å². The van der Waals surface area contributed by atoms with Crippen LogP contribution in [0.3, 0.4) is 0 Å². The molecular formula is C19H15ClFN3OS. The molecule has 0 N–H and O–H groups in total. The van der Waals surface area contributed by atoms with E-state index < -0.39 is 0 Å². The minimum atomic E-state index is -0.316. The third-order valence-corrected chi connectivity index (χ3v) is 4.93. The van der Waals surface area contributed by atoms with E-state index in [9.17, 15) is 9.18 Å². The van der Waals surface area contributed by atoms with Gasteiger partial charge < -0.3 is 0 Å². The minimum Gasteiger partial charge on any atom is -0.298 e. The maximum absolute atomic E-state index is 13.1. The van der Waals surface area contributed by atoms with Gasteiger partial charge in [-0.25, -0.2) is 4.39 Å². The summed E-state index contributed by atoms with van der Waals surface area (Å²) in [5.74, 6) is 0.376. The van der Waals surface area contributed by atoms with E-state index in [2.05, 4.69) is 16.8 Å². The number of benzene rings is 2. The molecule has 0 saturated heterocycles. The van der Waals surface area contributed by atoms with Crippen molar-refractivity contribution in [3.05, 3.63) is 77.6 Å². The molecule has 3 rings (SSSR count). The van der Waals surface area contributed by atoms with Crippen molar-refractivity contribution in [3.63, 3.8) is 0 Å². The molecular weight excluding hydrogens is 373 g/mol. The van der Waals surface area contributed by atoms with Crippen LogP contribution in [0.5, 0.6) is 0 Å². The predicted molar refractivity (Wildman–Crippen MR) is 102 cm³/mol. The van der Waals surface area contributed by atoms with Crippen molar-refractivity contribution in [2.24, 2.45) is 0 Å². The molecule has 3 aromatic rings. The second-order valence-electron chi connectivity index (χ2n) is 5.40.